The number of anilines is 2. The maximum atomic E-state index is 11.8. The predicted molar refractivity (Wildman–Crippen MR) is 68.7 cm³/mol. The molecule has 11 heteroatoms. The summed E-state index contributed by atoms with van der Waals surface area (Å²) in [7, 11) is -7.41. The molecular formula is C9H13KN2O6S2. The Labute approximate surface area is 160 Å². The van der Waals surface area contributed by atoms with E-state index in [9.17, 15) is 21.4 Å². The van der Waals surface area contributed by atoms with Crippen molar-refractivity contribution in [3.8, 4) is 0 Å². The first kappa shape index (κ1) is 20.3. The van der Waals surface area contributed by atoms with Gasteiger partial charge in [0.25, 0.3) is 0 Å². The van der Waals surface area contributed by atoms with Gasteiger partial charge in [-0.1, -0.05) is 6.07 Å². The summed E-state index contributed by atoms with van der Waals surface area (Å²) < 4.78 is 59.1. The van der Waals surface area contributed by atoms with Gasteiger partial charge in [-0.3, -0.25) is 8.49 Å². The molecule has 0 radical (unpaired) electrons. The summed E-state index contributed by atoms with van der Waals surface area (Å²) in [4.78, 5) is 0. The van der Waals surface area contributed by atoms with E-state index in [1.54, 1.807) is 12.1 Å². The Kier molecular flexibility index (Phi) is 8.16. The maximum Gasteiger partial charge on any atom is 1.00 e. The van der Waals surface area contributed by atoms with E-state index >= 15 is 0 Å². The number of sulfonamides is 1. The van der Waals surface area contributed by atoms with Crippen LogP contribution in [0.15, 0.2) is 24.3 Å². The van der Waals surface area contributed by atoms with Crippen LogP contribution in [0.1, 0.15) is 0 Å². The minimum Gasteiger partial charge on any atom is -0.726 e. The van der Waals surface area contributed by atoms with Crippen molar-refractivity contribution in [3.05, 3.63) is 24.3 Å². The van der Waals surface area contributed by atoms with E-state index in [1.165, 1.54) is 19.2 Å². The molecule has 0 saturated carbocycles. The Hall–Kier alpha value is 0.276. The average molecular weight is 348 g/mol. The third-order valence-corrected chi connectivity index (χ3v) is 4.40. The molecule has 20 heavy (non-hydrogen) atoms. The monoisotopic (exact) mass is 348 g/mol. The van der Waals surface area contributed by atoms with Crippen LogP contribution in [-0.2, 0) is 24.6 Å². The van der Waals surface area contributed by atoms with Gasteiger partial charge in [0, 0.05) is 12.7 Å². The quantitative estimate of drug-likeness (QED) is 0.244. The van der Waals surface area contributed by atoms with Crippen LogP contribution >= 0.6 is 0 Å². The molecule has 0 amide bonds. The van der Waals surface area contributed by atoms with E-state index in [4.69, 9.17) is 5.73 Å². The largest absolute Gasteiger partial charge is 1.00 e. The Bertz CT molecular complexity index is 646. The molecule has 0 atom stereocenters. The van der Waals surface area contributed by atoms with E-state index in [-0.39, 0.29) is 51.4 Å². The van der Waals surface area contributed by atoms with Crippen molar-refractivity contribution >= 4 is 31.8 Å². The van der Waals surface area contributed by atoms with Crippen molar-refractivity contribution < 1.29 is 77.0 Å². The van der Waals surface area contributed by atoms with Crippen molar-refractivity contribution in [2.75, 3.05) is 29.4 Å². The van der Waals surface area contributed by atoms with E-state index in [0.29, 0.717) is 11.4 Å². The molecule has 1 aromatic carbocycles. The van der Waals surface area contributed by atoms with Gasteiger partial charge in [-0.2, -0.15) is 0 Å². The van der Waals surface area contributed by atoms with Gasteiger partial charge in [0.2, 0.25) is 20.4 Å². The maximum absolute atomic E-state index is 11.8. The summed E-state index contributed by atoms with van der Waals surface area (Å²) in [5.74, 6) is -0.639. The standard InChI is InChI=1S/C9H14N2O6S2.K/c1-11(9-4-2-3-8(10)7-9)18(12,13)6-5-17-19(14,15)16;/h2-4,7H,5-6,10H2,1H3,(H,14,15,16);/q;+1/p-1. The van der Waals surface area contributed by atoms with Crippen LogP contribution < -0.4 is 61.4 Å². The summed E-state index contributed by atoms with van der Waals surface area (Å²) in [5, 5.41) is 0. The second-order valence-electron chi connectivity index (χ2n) is 3.61. The van der Waals surface area contributed by atoms with E-state index in [0.717, 1.165) is 4.31 Å². The SMILES string of the molecule is CN(c1cccc(N)c1)S(=O)(=O)CCOS(=O)(=O)[O-].[K+]. The topological polar surface area (TPSA) is 130 Å². The molecule has 0 spiro atoms. The number of nitrogens with two attached hydrogens (primary N) is 1. The summed E-state index contributed by atoms with van der Waals surface area (Å²) in [6.07, 6.45) is 0. The van der Waals surface area contributed by atoms with Crippen LogP contribution in [0.5, 0.6) is 0 Å². The summed E-state index contributed by atoms with van der Waals surface area (Å²) in [6, 6.07) is 6.15. The number of hydrogen-bond donors (Lipinski definition) is 1. The van der Waals surface area contributed by atoms with Gasteiger partial charge in [-0.15, -0.1) is 0 Å². The van der Waals surface area contributed by atoms with E-state index in [1.807, 2.05) is 0 Å². The minimum atomic E-state index is -4.90. The Morgan fingerprint density at radius 1 is 1.30 bits per heavy atom. The Morgan fingerprint density at radius 3 is 2.40 bits per heavy atom. The molecule has 2 N–H and O–H groups in total. The first-order chi connectivity index (χ1) is 8.62. The number of benzene rings is 1. The van der Waals surface area contributed by atoms with Crippen molar-refractivity contribution in [1.82, 2.24) is 0 Å². The van der Waals surface area contributed by atoms with Crippen LogP contribution in [0.25, 0.3) is 0 Å². The molecule has 0 fully saturated rings. The van der Waals surface area contributed by atoms with Crippen LogP contribution in [0.4, 0.5) is 11.4 Å². The molecule has 0 bridgehead atoms. The predicted octanol–water partition coefficient (Wildman–Crippen LogP) is -3.48. The van der Waals surface area contributed by atoms with Crippen molar-refractivity contribution in [2.24, 2.45) is 0 Å². The molecule has 0 saturated heterocycles. The molecule has 108 valence electrons. The van der Waals surface area contributed by atoms with Gasteiger partial charge in [0.15, 0.2) is 0 Å². The third-order valence-electron chi connectivity index (χ3n) is 2.22. The van der Waals surface area contributed by atoms with Gasteiger partial charge < -0.3 is 10.3 Å². The van der Waals surface area contributed by atoms with E-state index in [2.05, 4.69) is 4.18 Å². The zero-order valence-corrected chi connectivity index (χ0v) is 15.8. The second kappa shape index (κ2) is 8.05. The molecule has 0 aliphatic rings. The van der Waals surface area contributed by atoms with Crippen LogP contribution in [0.2, 0.25) is 0 Å². The molecule has 0 aromatic heterocycles. The smallest absolute Gasteiger partial charge is 0.726 e. The molecule has 0 heterocycles. The third kappa shape index (κ3) is 6.82. The zero-order chi connectivity index (χ0) is 14.7. The molecule has 1 rings (SSSR count). The van der Waals surface area contributed by atoms with Crippen LogP contribution in [0.3, 0.4) is 0 Å². The van der Waals surface area contributed by atoms with Gasteiger partial charge in [0.05, 0.1) is 18.0 Å². The first-order valence-corrected chi connectivity index (χ1v) is 7.98. The molecule has 0 unspecified atom stereocenters. The fourth-order valence-corrected chi connectivity index (χ4v) is 2.66. The van der Waals surface area contributed by atoms with Crippen molar-refractivity contribution in [3.63, 3.8) is 0 Å². The first-order valence-electron chi connectivity index (χ1n) is 5.04. The fourth-order valence-electron chi connectivity index (χ4n) is 1.26. The van der Waals surface area contributed by atoms with Crippen LogP contribution in [-0.4, -0.2) is 40.8 Å². The van der Waals surface area contributed by atoms with Gasteiger partial charge >= 0.3 is 51.4 Å². The number of rotatable bonds is 6. The van der Waals surface area contributed by atoms with Crippen LogP contribution in [0, 0.1) is 0 Å². The summed E-state index contributed by atoms with van der Waals surface area (Å²) in [6.45, 7) is -0.735. The normalized spacial score (nSPS) is 11.7. The fraction of sp³-hybridized carbons (Fsp3) is 0.333. The second-order valence-corrected chi connectivity index (χ2v) is 6.78. The zero-order valence-electron chi connectivity index (χ0n) is 11.0. The average Bonchev–Trinajstić information content (AvgIpc) is 2.25. The molecule has 1 aromatic rings. The number of hydrogen-bond acceptors (Lipinski definition) is 7. The number of nitrogens with zero attached hydrogens (tertiary/aromatic N) is 1. The van der Waals surface area contributed by atoms with Gasteiger partial charge in [-0.25, -0.2) is 16.8 Å². The molecule has 0 aliphatic heterocycles. The molecular weight excluding hydrogens is 335 g/mol. The molecule has 8 nitrogen and oxygen atoms in total. The Balaban J connectivity index is 0.00000361. The summed E-state index contributed by atoms with van der Waals surface area (Å²) >= 11 is 0. The minimum absolute atomic E-state index is 0. The van der Waals surface area contributed by atoms with Crippen molar-refractivity contribution in [1.29, 1.82) is 0 Å². The molecule has 0 aliphatic carbocycles. The Morgan fingerprint density at radius 2 is 1.90 bits per heavy atom. The van der Waals surface area contributed by atoms with E-state index < -0.39 is 32.8 Å². The summed E-state index contributed by atoms with van der Waals surface area (Å²) in [5.41, 5.74) is 6.24. The van der Waals surface area contributed by atoms with Crippen molar-refractivity contribution in [2.45, 2.75) is 0 Å². The van der Waals surface area contributed by atoms with Gasteiger partial charge in [-0.05, 0) is 18.2 Å². The number of nitrogen functional groups attached to an aromatic ring is 1. The van der Waals surface area contributed by atoms with Gasteiger partial charge in [0.1, 0.15) is 0 Å².